The molecule has 2 atom stereocenters. The molecule has 0 aliphatic heterocycles. The zero-order valence-corrected chi connectivity index (χ0v) is 12.4. The number of carbonyl (C=O) groups excluding carboxylic acids is 1. The SMILES string of the molecule is CCCC(C)S(=O)(=O)C(/C=C\C(=O)CC(=O)O)CC. The average molecular weight is 290 g/mol. The minimum atomic E-state index is -3.32. The molecule has 1 N–H and O–H groups in total. The minimum Gasteiger partial charge on any atom is -0.481 e. The summed E-state index contributed by atoms with van der Waals surface area (Å²) in [4.78, 5) is 21.6. The van der Waals surface area contributed by atoms with Crippen LogP contribution in [0.3, 0.4) is 0 Å². The second kappa shape index (κ2) is 8.09. The monoisotopic (exact) mass is 290 g/mol. The lowest BCUT2D eigenvalue weighted by atomic mass is 10.2. The van der Waals surface area contributed by atoms with Gasteiger partial charge in [-0.25, -0.2) is 8.42 Å². The van der Waals surface area contributed by atoms with E-state index in [2.05, 4.69) is 0 Å². The summed E-state index contributed by atoms with van der Waals surface area (Å²) in [7, 11) is -3.32. The Hall–Kier alpha value is -1.17. The van der Waals surface area contributed by atoms with Crippen molar-refractivity contribution in [2.75, 3.05) is 0 Å². The number of ketones is 1. The first kappa shape index (κ1) is 17.8. The van der Waals surface area contributed by atoms with E-state index >= 15 is 0 Å². The molecular formula is C13H22O5S. The normalized spacial score (nSPS) is 15.3. The Morgan fingerprint density at radius 2 is 1.84 bits per heavy atom. The molecule has 0 aromatic heterocycles. The van der Waals surface area contributed by atoms with Gasteiger partial charge in [-0.05, 0) is 25.8 Å². The number of hydrogen-bond donors (Lipinski definition) is 1. The zero-order chi connectivity index (χ0) is 15.1. The lowest BCUT2D eigenvalue weighted by Crippen LogP contribution is -2.28. The number of allylic oxidation sites excluding steroid dienone is 1. The van der Waals surface area contributed by atoms with Crippen molar-refractivity contribution < 1.29 is 23.1 Å². The van der Waals surface area contributed by atoms with Crippen LogP contribution >= 0.6 is 0 Å². The van der Waals surface area contributed by atoms with Crippen molar-refractivity contribution in [3.63, 3.8) is 0 Å². The molecule has 0 saturated heterocycles. The van der Waals surface area contributed by atoms with E-state index in [1.165, 1.54) is 6.08 Å². The lowest BCUT2D eigenvalue weighted by molar-refractivity contribution is -0.139. The van der Waals surface area contributed by atoms with Gasteiger partial charge < -0.3 is 5.11 Å². The molecule has 5 nitrogen and oxygen atoms in total. The second-order valence-electron chi connectivity index (χ2n) is 4.53. The molecule has 0 heterocycles. The van der Waals surface area contributed by atoms with Crippen molar-refractivity contribution in [1.82, 2.24) is 0 Å². The highest BCUT2D eigenvalue weighted by atomic mass is 32.2. The van der Waals surface area contributed by atoms with Crippen LogP contribution in [-0.2, 0) is 19.4 Å². The molecule has 0 rings (SSSR count). The molecule has 0 aromatic rings. The van der Waals surface area contributed by atoms with Crippen molar-refractivity contribution in [1.29, 1.82) is 0 Å². The van der Waals surface area contributed by atoms with Gasteiger partial charge in [0.05, 0.1) is 10.5 Å². The number of carboxylic acids is 1. The first-order valence-electron chi connectivity index (χ1n) is 6.41. The highest BCUT2D eigenvalue weighted by Gasteiger charge is 2.27. The molecule has 6 heteroatoms. The minimum absolute atomic E-state index is 0.368. The van der Waals surface area contributed by atoms with Gasteiger partial charge in [-0.1, -0.05) is 26.3 Å². The van der Waals surface area contributed by atoms with E-state index in [0.29, 0.717) is 12.8 Å². The van der Waals surface area contributed by atoms with Crippen molar-refractivity contribution >= 4 is 21.6 Å². The number of rotatable bonds is 9. The van der Waals surface area contributed by atoms with Gasteiger partial charge in [0, 0.05) is 0 Å². The van der Waals surface area contributed by atoms with Crippen LogP contribution in [0, 0.1) is 0 Å². The molecule has 0 bridgehead atoms. The first-order chi connectivity index (χ1) is 8.75. The predicted octanol–water partition coefficient (Wildman–Crippen LogP) is 1.97. The Balaban J connectivity index is 4.88. The van der Waals surface area contributed by atoms with Crippen molar-refractivity contribution in [2.24, 2.45) is 0 Å². The molecule has 0 aliphatic carbocycles. The van der Waals surface area contributed by atoms with Crippen molar-refractivity contribution in [3.8, 4) is 0 Å². The van der Waals surface area contributed by atoms with Gasteiger partial charge in [0.1, 0.15) is 6.42 Å². The standard InChI is InChI=1S/C13H22O5S/c1-4-6-10(3)19(17,18)12(5-2)8-7-11(14)9-13(15)16/h7-8,10,12H,4-6,9H2,1-3H3,(H,15,16)/b8-7-. The molecule has 110 valence electrons. The molecule has 19 heavy (non-hydrogen) atoms. The van der Waals surface area contributed by atoms with Crippen LogP contribution in [0.15, 0.2) is 12.2 Å². The van der Waals surface area contributed by atoms with E-state index in [1.54, 1.807) is 13.8 Å². The maximum atomic E-state index is 12.2. The van der Waals surface area contributed by atoms with Crippen LogP contribution in [0.4, 0.5) is 0 Å². The Morgan fingerprint density at radius 1 is 1.26 bits per heavy atom. The molecular weight excluding hydrogens is 268 g/mol. The molecule has 0 amide bonds. The van der Waals surface area contributed by atoms with Crippen LogP contribution in [-0.4, -0.2) is 35.8 Å². The largest absolute Gasteiger partial charge is 0.481 e. The molecule has 2 unspecified atom stereocenters. The van der Waals surface area contributed by atoms with Crippen LogP contribution in [0.1, 0.15) is 46.5 Å². The van der Waals surface area contributed by atoms with Gasteiger partial charge in [-0.3, -0.25) is 9.59 Å². The maximum Gasteiger partial charge on any atom is 0.311 e. The van der Waals surface area contributed by atoms with E-state index in [9.17, 15) is 18.0 Å². The molecule has 0 aromatic carbocycles. The van der Waals surface area contributed by atoms with E-state index in [1.807, 2.05) is 6.92 Å². The zero-order valence-electron chi connectivity index (χ0n) is 11.6. The van der Waals surface area contributed by atoms with Crippen LogP contribution in [0.5, 0.6) is 0 Å². The highest BCUT2D eigenvalue weighted by molar-refractivity contribution is 7.92. The molecule has 0 spiro atoms. The molecule has 0 fully saturated rings. The smallest absolute Gasteiger partial charge is 0.311 e. The topological polar surface area (TPSA) is 88.5 Å². The third-order valence-corrected chi connectivity index (χ3v) is 5.59. The summed E-state index contributed by atoms with van der Waals surface area (Å²) in [6.45, 7) is 5.31. The van der Waals surface area contributed by atoms with Gasteiger partial charge in [0.2, 0.25) is 0 Å². The number of aliphatic carboxylic acids is 1. The molecule has 0 saturated carbocycles. The second-order valence-corrected chi connectivity index (χ2v) is 7.12. The summed E-state index contributed by atoms with van der Waals surface area (Å²) in [5, 5.41) is 7.26. The first-order valence-corrected chi connectivity index (χ1v) is 8.02. The lowest BCUT2D eigenvalue weighted by Gasteiger charge is -2.17. The Morgan fingerprint density at radius 3 is 2.26 bits per heavy atom. The van der Waals surface area contributed by atoms with Gasteiger partial charge in [0.25, 0.3) is 0 Å². The van der Waals surface area contributed by atoms with Gasteiger partial charge >= 0.3 is 5.97 Å². The third kappa shape index (κ3) is 6.00. The summed E-state index contributed by atoms with van der Waals surface area (Å²) >= 11 is 0. The quantitative estimate of drug-likeness (QED) is 0.518. The van der Waals surface area contributed by atoms with Crippen LogP contribution < -0.4 is 0 Å². The summed E-state index contributed by atoms with van der Waals surface area (Å²) in [5.41, 5.74) is 0. The van der Waals surface area contributed by atoms with Crippen molar-refractivity contribution in [3.05, 3.63) is 12.2 Å². The van der Waals surface area contributed by atoms with E-state index < -0.39 is 38.5 Å². The maximum absolute atomic E-state index is 12.2. The predicted molar refractivity (Wildman–Crippen MR) is 73.8 cm³/mol. The number of carboxylic acid groups (broad SMARTS) is 1. The number of hydrogen-bond acceptors (Lipinski definition) is 4. The average Bonchev–Trinajstić information content (AvgIpc) is 2.28. The molecule has 0 radical (unpaired) electrons. The van der Waals surface area contributed by atoms with Crippen molar-refractivity contribution in [2.45, 2.75) is 57.0 Å². The fourth-order valence-electron chi connectivity index (χ4n) is 1.77. The summed E-state index contributed by atoms with van der Waals surface area (Å²) < 4.78 is 24.4. The number of carbonyl (C=O) groups is 2. The summed E-state index contributed by atoms with van der Waals surface area (Å²) in [6.07, 6.45) is 3.49. The highest BCUT2D eigenvalue weighted by Crippen LogP contribution is 2.18. The fourth-order valence-corrected chi connectivity index (χ4v) is 3.69. The van der Waals surface area contributed by atoms with E-state index in [-0.39, 0.29) is 0 Å². The fraction of sp³-hybridized carbons (Fsp3) is 0.692. The van der Waals surface area contributed by atoms with Gasteiger partial charge in [0.15, 0.2) is 15.6 Å². The van der Waals surface area contributed by atoms with E-state index in [0.717, 1.165) is 12.5 Å². The van der Waals surface area contributed by atoms with Crippen LogP contribution in [0.25, 0.3) is 0 Å². The summed E-state index contributed by atoms with van der Waals surface area (Å²) in [5.74, 6) is -1.81. The third-order valence-electron chi connectivity index (χ3n) is 2.90. The van der Waals surface area contributed by atoms with Gasteiger partial charge in [-0.2, -0.15) is 0 Å². The van der Waals surface area contributed by atoms with Gasteiger partial charge in [-0.15, -0.1) is 0 Å². The number of sulfone groups is 1. The Labute approximate surface area is 114 Å². The Bertz CT molecular complexity index is 436. The summed E-state index contributed by atoms with van der Waals surface area (Å²) in [6, 6.07) is 0. The molecule has 0 aliphatic rings. The Kier molecular flexibility index (Phi) is 7.59. The van der Waals surface area contributed by atoms with E-state index in [4.69, 9.17) is 5.11 Å². The van der Waals surface area contributed by atoms with Crippen LogP contribution in [0.2, 0.25) is 0 Å².